The predicted octanol–water partition coefficient (Wildman–Crippen LogP) is 2.48. The van der Waals surface area contributed by atoms with Gasteiger partial charge in [-0.15, -0.1) is 0 Å². The Balaban J connectivity index is 2.05. The zero-order valence-corrected chi connectivity index (χ0v) is 10.2. The number of fused-ring (bicyclic) bond motifs is 1. The first-order chi connectivity index (χ1) is 8.79. The average Bonchev–Trinajstić information content (AvgIpc) is 2.92. The van der Waals surface area contributed by atoms with Crippen molar-refractivity contribution in [2.75, 3.05) is 0 Å². The topological polar surface area (TPSA) is 31.2 Å². The highest BCUT2D eigenvalue weighted by Gasteiger charge is 2.34. The Hall–Kier alpha value is -2.03. The molecule has 2 atom stereocenters. The van der Waals surface area contributed by atoms with Gasteiger partial charge >= 0.3 is 0 Å². The minimum Gasteiger partial charge on any atom is -0.462 e. The van der Waals surface area contributed by atoms with E-state index in [4.69, 9.17) is 4.74 Å². The maximum atomic E-state index is 10.7. The Morgan fingerprint density at radius 3 is 2.89 bits per heavy atom. The van der Waals surface area contributed by atoms with Crippen molar-refractivity contribution >= 4 is 6.47 Å². The van der Waals surface area contributed by atoms with Crippen LogP contribution in [0.25, 0.3) is 0 Å². The van der Waals surface area contributed by atoms with Crippen molar-refractivity contribution in [1.82, 2.24) is 4.57 Å². The van der Waals surface area contributed by atoms with Gasteiger partial charge in [0.1, 0.15) is 6.10 Å². The van der Waals surface area contributed by atoms with Crippen LogP contribution < -0.4 is 0 Å². The molecule has 1 heterocycles. The van der Waals surface area contributed by atoms with Crippen LogP contribution in [0.4, 0.5) is 0 Å². The van der Waals surface area contributed by atoms with Gasteiger partial charge in [-0.3, -0.25) is 4.79 Å². The van der Waals surface area contributed by atoms with Gasteiger partial charge in [-0.25, -0.2) is 0 Å². The van der Waals surface area contributed by atoms with Crippen LogP contribution in [-0.4, -0.2) is 17.1 Å². The zero-order chi connectivity index (χ0) is 12.5. The number of aryl methyl sites for hydroxylation is 1. The summed E-state index contributed by atoms with van der Waals surface area (Å²) in [6.45, 7) is 2.62. The van der Waals surface area contributed by atoms with E-state index >= 15 is 0 Å². The van der Waals surface area contributed by atoms with Crippen LogP contribution in [0, 0.1) is 6.92 Å². The van der Waals surface area contributed by atoms with E-state index in [-0.39, 0.29) is 12.1 Å². The molecule has 0 aliphatic heterocycles. The molecular weight excluding hydrogens is 226 g/mol. The second-order valence-corrected chi connectivity index (χ2v) is 4.75. The number of benzene rings is 1. The Morgan fingerprint density at radius 1 is 1.33 bits per heavy atom. The molecule has 1 aliphatic carbocycles. The summed E-state index contributed by atoms with van der Waals surface area (Å²) in [5.74, 6) is 0. The van der Waals surface area contributed by atoms with Crippen LogP contribution in [0.2, 0.25) is 0 Å². The van der Waals surface area contributed by atoms with Gasteiger partial charge in [0.05, 0.1) is 6.04 Å². The van der Waals surface area contributed by atoms with Crippen LogP contribution in [0.5, 0.6) is 0 Å². The molecule has 3 nitrogen and oxygen atoms in total. The highest BCUT2D eigenvalue weighted by atomic mass is 16.5. The smallest absolute Gasteiger partial charge is 0.293 e. The summed E-state index contributed by atoms with van der Waals surface area (Å²) in [4.78, 5) is 10.7. The second kappa shape index (κ2) is 4.33. The van der Waals surface area contributed by atoms with Gasteiger partial charge in [0.25, 0.3) is 6.47 Å². The summed E-state index contributed by atoms with van der Waals surface area (Å²) >= 11 is 0. The molecule has 1 aliphatic rings. The van der Waals surface area contributed by atoms with E-state index in [9.17, 15) is 4.79 Å². The maximum Gasteiger partial charge on any atom is 0.293 e. The van der Waals surface area contributed by atoms with Gasteiger partial charge in [0, 0.05) is 18.8 Å². The minimum atomic E-state index is -0.105. The SMILES string of the molecule is Cc1ccn(C2c3ccccc3CC2OC=O)c1. The molecule has 0 bridgehead atoms. The molecule has 0 spiro atoms. The third kappa shape index (κ3) is 1.72. The van der Waals surface area contributed by atoms with E-state index in [1.165, 1.54) is 16.7 Å². The van der Waals surface area contributed by atoms with E-state index in [1.54, 1.807) is 0 Å². The second-order valence-electron chi connectivity index (χ2n) is 4.75. The highest BCUT2D eigenvalue weighted by Crippen LogP contribution is 2.36. The number of aromatic nitrogens is 1. The van der Waals surface area contributed by atoms with Crippen LogP contribution in [0.1, 0.15) is 22.7 Å². The van der Waals surface area contributed by atoms with Crippen molar-refractivity contribution in [3.8, 4) is 0 Å². The van der Waals surface area contributed by atoms with E-state index < -0.39 is 0 Å². The molecule has 92 valence electrons. The van der Waals surface area contributed by atoms with E-state index in [2.05, 4.69) is 35.9 Å². The summed E-state index contributed by atoms with van der Waals surface area (Å²) in [6.07, 6.45) is 4.82. The molecule has 0 fully saturated rings. The van der Waals surface area contributed by atoms with Crippen molar-refractivity contribution in [1.29, 1.82) is 0 Å². The van der Waals surface area contributed by atoms with Gasteiger partial charge in [-0.2, -0.15) is 0 Å². The van der Waals surface area contributed by atoms with Gasteiger partial charge in [-0.05, 0) is 29.7 Å². The first kappa shape index (κ1) is 11.1. The number of hydrogen-bond donors (Lipinski definition) is 0. The number of carbonyl (C=O) groups is 1. The largest absolute Gasteiger partial charge is 0.462 e. The summed E-state index contributed by atoms with van der Waals surface area (Å²) < 4.78 is 7.39. The third-order valence-electron chi connectivity index (χ3n) is 3.56. The van der Waals surface area contributed by atoms with Crippen LogP contribution in [0.15, 0.2) is 42.7 Å². The van der Waals surface area contributed by atoms with Gasteiger partial charge in [0.15, 0.2) is 0 Å². The average molecular weight is 241 g/mol. The molecule has 2 unspecified atom stereocenters. The Kier molecular flexibility index (Phi) is 2.67. The maximum absolute atomic E-state index is 10.7. The van der Waals surface area contributed by atoms with Crippen molar-refractivity contribution in [3.63, 3.8) is 0 Å². The molecule has 1 aromatic heterocycles. The molecule has 18 heavy (non-hydrogen) atoms. The summed E-state index contributed by atoms with van der Waals surface area (Å²) in [5, 5.41) is 0. The van der Waals surface area contributed by atoms with Crippen molar-refractivity contribution in [3.05, 3.63) is 59.4 Å². The molecule has 2 aromatic rings. The molecule has 3 rings (SSSR count). The lowest BCUT2D eigenvalue weighted by Gasteiger charge is -2.20. The monoisotopic (exact) mass is 241 g/mol. The summed E-state index contributed by atoms with van der Waals surface area (Å²) in [7, 11) is 0. The number of rotatable bonds is 3. The highest BCUT2D eigenvalue weighted by molar-refractivity contribution is 5.42. The van der Waals surface area contributed by atoms with Crippen molar-refractivity contribution < 1.29 is 9.53 Å². The first-order valence-corrected chi connectivity index (χ1v) is 6.10. The van der Waals surface area contributed by atoms with Gasteiger partial charge < -0.3 is 9.30 Å². The number of ether oxygens (including phenoxy) is 1. The van der Waals surface area contributed by atoms with Crippen LogP contribution in [-0.2, 0) is 16.0 Å². The Bertz CT molecular complexity index is 573. The summed E-state index contributed by atoms with van der Waals surface area (Å²) in [6, 6.07) is 10.4. The van der Waals surface area contributed by atoms with Crippen molar-refractivity contribution in [2.45, 2.75) is 25.5 Å². The third-order valence-corrected chi connectivity index (χ3v) is 3.56. The molecule has 0 amide bonds. The fraction of sp³-hybridized carbons (Fsp3) is 0.267. The fourth-order valence-corrected chi connectivity index (χ4v) is 2.78. The van der Waals surface area contributed by atoms with Gasteiger partial charge in [-0.1, -0.05) is 24.3 Å². The Labute approximate surface area is 106 Å². The lowest BCUT2D eigenvalue weighted by atomic mass is 10.1. The fourth-order valence-electron chi connectivity index (χ4n) is 2.78. The number of hydrogen-bond acceptors (Lipinski definition) is 2. The zero-order valence-electron chi connectivity index (χ0n) is 10.2. The van der Waals surface area contributed by atoms with Gasteiger partial charge in [0.2, 0.25) is 0 Å². The first-order valence-electron chi connectivity index (χ1n) is 6.10. The number of carbonyl (C=O) groups excluding carboxylic acids is 1. The molecule has 0 saturated heterocycles. The molecule has 1 aromatic carbocycles. The summed E-state index contributed by atoms with van der Waals surface area (Å²) in [5.41, 5.74) is 3.73. The van der Waals surface area contributed by atoms with Crippen molar-refractivity contribution in [2.24, 2.45) is 0 Å². The van der Waals surface area contributed by atoms with Crippen LogP contribution >= 0.6 is 0 Å². The molecule has 0 radical (unpaired) electrons. The van der Waals surface area contributed by atoms with E-state index in [0.717, 1.165) is 6.42 Å². The molecule has 3 heteroatoms. The lowest BCUT2D eigenvalue weighted by Crippen LogP contribution is -2.23. The van der Waals surface area contributed by atoms with E-state index in [1.807, 2.05) is 18.3 Å². The van der Waals surface area contributed by atoms with E-state index in [0.29, 0.717) is 6.47 Å². The normalized spacial score (nSPS) is 21.6. The quantitative estimate of drug-likeness (QED) is 0.773. The molecule has 0 saturated carbocycles. The lowest BCUT2D eigenvalue weighted by molar-refractivity contribution is -0.134. The molecular formula is C15H15NO2. The molecule has 0 N–H and O–H groups in total. The number of nitrogens with zero attached hydrogens (tertiary/aromatic N) is 1. The predicted molar refractivity (Wildman–Crippen MR) is 68.4 cm³/mol. The standard InChI is InChI=1S/C15H15NO2/c1-11-6-7-16(9-11)15-13-5-3-2-4-12(13)8-14(15)18-10-17/h2-7,9-10,14-15H,8H2,1H3. The Morgan fingerprint density at radius 2 is 2.17 bits per heavy atom. The van der Waals surface area contributed by atoms with Crippen LogP contribution in [0.3, 0.4) is 0 Å². The minimum absolute atomic E-state index is 0.0973.